The Labute approximate surface area is 171 Å². The molecule has 6 nitrogen and oxygen atoms in total. The van der Waals surface area contributed by atoms with Gasteiger partial charge in [0.25, 0.3) is 5.56 Å². The van der Waals surface area contributed by atoms with Crippen LogP contribution in [-0.2, 0) is 11.2 Å². The van der Waals surface area contributed by atoms with E-state index in [1.54, 1.807) is 6.07 Å². The SMILES string of the molecule is CCN(c1ccc(NC(=O)CCCc2nc3ccccc3c(=O)[nH]2)cc1)C(C)C. The average molecular weight is 393 g/mol. The number of amides is 1. The highest BCUT2D eigenvalue weighted by molar-refractivity contribution is 5.90. The summed E-state index contributed by atoms with van der Waals surface area (Å²) in [5.74, 6) is 0.566. The summed E-state index contributed by atoms with van der Waals surface area (Å²) in [7, 11) is 0. The van der Waals surface area contributed by atoms with Crippen molar-refractivity contribution in [2.45, 2.75) is 46.1 Å². The largest absolute Gasteiger partial charge is 0.369 e. The molecule has 1 aromatic heterocycles. The molecule has 0 radical (unpaired) electrons. The topological polar surface area (TPSA) is 78.1 Å². The van der Waals surface area contributed by atoms with Crippen molar-refractivity contribution in [2.75, 3.05) is 16.8 Å². The third kappa shape index (κ3) is 5.22. The fourth-order valence-electron chi connectivity index (χ4n) is 3.48. The Kier molecular flexibility index (Phi) is 6.65. The predicted molar refractivity (Wildman–Crippen MR) is 119 cm³/mol. The van der Waals surface area contributed by atoms with Crippen LogP contribution in [0.25, 0.3) is 10.9 Å². The highest BCUT2D eigenvalue weighted by atomic mass is 16.1. The molecular weight excluding hydrogens is 364 g/mol. The average Bonchev–Trinajstić information content (AvgIpc) is 2.69. The van der Waals surface area contributed by atoms with Gasteiger partial charge in [0.2, 0.25) is 5.91 Å². The highest BCUT2D eigenvalue weighted by Crippen LogP contribution is 2.20. The summed E-state index contributed by atoms with van der Waals surface area (Å²) in [6.45, 7) is 7.40. The summed E-state index contributed by atoms with van der Waals surface area (Å²) in [4.78, 5) is 33.9. The van der Waals surface area contributed by atoms with E-state index in [0.29, 0.717) is 42.0 Å². The zero-order chi connectivity index (χ0) is 20.8. The van der Waals surface area contributed by atoms with Gasteiger partial charge in [-0.25, -0.2) is 4.98 Å². The number of aryl methyl sites for hydroxylation is 1. The fraction of sp³-hybridized carbons (Fsp3) is 0.348. The Balaban J connectivity index is 1.53. The van der Waals surface area contributed by atoms with E-state index in [-0.39, 0.29) is 11.5 Å². The van der Waals surface area contributed by atoms with Crippen molar-refractivity contribution in [1.29, 1.82) is 0 Å². The van der Waals surface area contributed by atoms with Gasteiger partial charge in [-0.15, -0.1) is 0 Å². The lowest BCUT2D eigenvalue weighted by Gasteiger charge is -2.27. The molecule has 6 heteroatoms. The van der Waals surface area contributed by atoms with E-state index >= 15 is 0 Å². The van der Waals surface area contributed by atoms with Crippen LogP contribution in [0.15, 0.2) is 53.3 Å². The molecule has 0 saturated heterocycles. The van der Waals surface area contributed by atoms with Crippen molar-refractivity contribution in [2.24, 2.45) is 0 Å². The van der Waals surface area contributed by atoms with Gasteiger partial charge in [0.05, 0.1) is 10.9 Å². The number of hydrogen-bond donors (Lipinski definition) is 2. The molecule has 1 amide bonds. The summed E-state index contributed by atoms with van der Waals surface area (Å²) in [6, 6.07) is 15.6. The van der Waals surface area contributed by atoms with Crippen molar-refractivity contribution < 1.29 is 4.79 Å². The van der Waals surface area contributed by atoms with Crippen molar-refractivity contribution in [3.05, 3.63) is 64.7 Å². The Morgan fingerprint density at radius 2 is 1.86 bits per heavy atom. The number of aromatic amines is 1. The minimum Gasteiger partial charge on any atom is -0.369 e. The second-order valence-electron chi connectivity index (χ2n) is 7.36. The van der Waals surface area contributed by atoms with E-state index < -0.39 is 0 Å². The number of rotatable bonds is 8. The number of benzene rings is 2. The fourth-order valence-corrected chi connectivity index (χ4v) is 3.48. The number of hydrogen-bond acceptors (Lipinski definition) is 4. The molecule has 2 N–H and O–H groups in total. The smallest absolute Gasteiger partial charge is 0.258 e. The molecule has 0 aliphatic carbocycles. The van der Waals surface area contributed by atoms with Crippen molar-refractivity contribution >= 4 is 28.2 Å². The van der Waals surface area contributed by atoms with Gasteiger partial charge in [0.15, 0.2) is 0 Å². The van der Waals surface area contributed by atoms with Gasteiger partial charge >= 0.3 is 0 Å². The van der Waals surface area contributed by atoms with Gasteiger partial charge in [-0.2, -0.15) is 0 Å². The van der Waals surface area contributed by atoms with Crippen molar-refractivity contribution in [3.8, 4) is 0 Å². The molecule has 0 atom stereocenters. The van der Waals surface area contributed by atoms with Crippen LogP contribution >= 0.6 is 0 Å². The maximum atomic E-state index is 12.3. The van der Waals surface area contributed by atoms with E-state index in [4.69, 9.17) is 0 Å². The van der Waals surface area contributed by atoms with E-state index in [2.05, 4.69) is 41.0 Å². The Hall–Kier alpha value is -3.15. The number of fused-ring (bicyclic) bond motifs is 1. The normalized spacial score (nSPS) is 11.0. The first-order chi connectivity index (χ1) is 14.0. The lowest BCUT2D eigenvalue weighted by molar-refractivity contribution is -0.116. The van der Waals surface area contributed by atoms with E-state index in [1.807, 2.05) is 42.5 Å². The molecule has 2 aromatic carbocycles. The molecule has 0 unspecified atom stereocenters. The van der Waals surface area contributed by atoms with Crippen LogP contribution in [0.3, 0.4) is 0 Å². The van der Waals surface area contributed by atoms with Crippen LogP contribution in [0.2, 0.25) is 0 Å². The number of nitrogens with one attached hydrogen (secondary N) is 2. The minimum absolute atomic E-state index is 0.0444. The van der Waals surface area contributed by atoms with Gasteiger partial charge in [0, 0.05) is 36.8 Å². The number of carbonyl (C=O) groups is 1. The molecule has 0 bridgehead atoms. The van der Waals surface area contributed by atoms with E-state index in [0.717, 1.165) is 17.9 Å². The Bertz CT molecular complexity index is 1020. The van der Waals surface area contributed by atoms with E-state index in [9.17, 15) is 9.59 Å². The summed E-state index contributed by atoms with van der Waals surface area (Å²) in [5.41, 5.74) is 2.47. The zero-order valence-electron chi connectivity index (χ0n) is 17.2. The van der Waals surface area contributed by atoms with E-state index in [1.165, 1.54) is 0 Å². The van der Waals surface area contributed by atoms with Gasteiger partial charge in [-0.1, -0.05) is 12.1 Å². The Morgan fingerprint density at radius 1 is 1.14 bits per heavy atom. The quantitative estimate of drug-likeness (QED) is 0.604. The molecule has 29 heavy (non-hydrogen) atoms. The Morgan fingerprint density at radius 3 is 2.55 bits per heavy atom. The van der Waals surface area contributed by atoms with Crippen LogP contribution in [-0.4, -0.2) is 28.5 Å². The summed E-state index contributed by atoms with van der Waals surface area (Å²) in [6.07, 6.45) is 1.53. The van der Waals surface area contributed by atoms with Crippen LogP contribution in [0.1, 0.15) is 39.4 Å². The number of carbonyl (C=O) groups excluding carboxylic acids is 1. The number of nitrogens with zero attached hydrogens (tertiary/aromatic N) is 2. The first-order valence-electron chi connectivity index (χ1n) is 10.1. The van der Waals surface area contributed by atoms with Gasteiger partial charge in [0.1, 0.15) is 5.82 Å². The molecule has 0 aliphatic heterocycles. The molecule has 1 heterocycles. The summed E-state index contributed by atoms with van der Waals surface area (Å²) >= 11 is 0. The maximum absolute atomic E-state index is 12.3. The molecule has 152 valence electrons. The van der Waals surface area contributed by atoms with Gasteiger partial charge in [-0.3, -0.25) is 9.59 Å². The number of H-pyrrole nitrogens is 1. The lowest BCUT2D eigenvalue weighted by Crippen LogP contribution is -2.30. The standard InChI is InChI=1S/C23H28N4O2/c1-4-27(16(2)3)18-14-12-17(13-15-18)24-22(28)11-7-10-21-25-20-9-6-5-8-19(20)23(29)26-21/h5-6,8-9,12-16H,4,7,10-11H2,1-3H3,(H,24,28)(H,25,26,29). The third-order valence-electron chi connectivity index (χ3n) is 4.93. The first-order valence-corrected chi connectivity index (χ1v) is 10.1. The second kappa shape index (κ2) is 9.37. The maximum Gasteiger partial charge on any atom is 0.258 e. The number of anilines is 2. The monoisotopic (exact) mass is 392 g/mol. The summed E-state index contributed by atoms with van der Waals surface area (Å²) < 4.78 is 0. The predicted octanol–water partition coefficient (Wildman–Crippen LogP) is 4.12. The molecule has 3 rings (SSSR count). The molecular formula is C23H28N4O2. The van der Waals surface area contributed by atoms with Crippen molar-refractivity contribution in [1.82, 2.24) is 9.97 Å². The van der Waals surface area contributed by atoms with Crippen LogP contribution in [0, 0.1) is 0 Å². The third-order valence-corrected chi connectivity index (χ3v) is 4.93. The zero-order valence-corrected chi connectivity index (χ0v) is 17.2. The lowest BCUT2D eigenvalue weighted by atomic mass is 10.2. The highest BCUT2D eigenvalue weighted by Gasteiger charge is 2.09. The molecule has 3 aromatic rings. The van der Waals surface area contributed by atoms with Gasteiger partial charge < -0.3 is 15.2 Å². The van der Waals surface area contributed by atoms with Crippen LogP contribution in [0.5, 0.6) is 0 Å². The number of para-hydroxylation sites is 1. The number of aromatic nitrogens is 2. The molecule has 0 aliphatic rings. The van der Waals surface area contributed by atoms with Crippen molar-refractivity contribution in [3.63, 3.8) is 0 Å². The molecule has 0 fully saturated rings. The van der Waals surface area contributed by atoms with Crippen LogP contribution < -0.4 is 15.8 Å². The molecule has 0 saturated carbocycles. The van der Waals surface area contributed by atoms with Crippen LogP contribution in [0.4, 0.5) is 11.4 Å². The molecule has 0 spiro atoms. The van der Waals surface area contributed by atoms with Gasteiger partial charge in [-0.05, 0) is 63.6 Å². The second-order valence-corrected chi connectivity index (χ2v) is 7.36. The summed E-state index contributed by atoms with van der Waals surface area (Å²) in [5, 5.41) is 3.51. The minimum atomic E-state index is -0.141. The first kappa shape index (κ1) is 20.6.